The van der Waals surface area contributed by atoms with Crippen LogP contribution in [0.1, 0.15) is 32.5 Å². The van der Waals surface area contributed by atoms with Gasteiger partial charge in [-0.1, -0.05) is 13.8 Å². The summed E-state index contributed by atoms with van der Waals surface area (Å²) in [5, 5.41) is 11.5. The first-order chi connectivity index (χ1) is 6.58. The molecule has 0 saturated carbocycles. The normalized spacial score (nSPS) is 10.9. The first-order valence-corrected chi connectivity index (χ1v) is 4.82. The van der Waals surface area contributed by atoms with Crippen LogP contribution >= 0.6 is 0 Å². The van der Waals surface area contributed by atoms with E-state index in [1.165, 1.54) is 4.80 Å². The summed E-state index contributed by atoms with van der Waals surface area (Å²) < 4.78 is 0. The molecular weight excluding hydrogens is 180 g/mol. The Balaban J connectivity index is 2.30. The Bertz CT molecular complexity index is 306. The van der Waals surface area contributed by atoms with E-state index >= 15 is 0 Å². The highest BCUT2D eigenvalue weighted by molar-refractivity contribution is 5.78. The molecule has 1 rings (SSSR count). The van der Waals surface area contributed by atoms with Gasteiger partial charge in [0.05, 0.1) is 7.05 Å². The number of aromatic nitrogens is 4. The van der Waals surface area contributed by atoms with Crippen LogP contribution in [0, 0.1) is 5.92 Å². The second kappa shape index (κ2) is 4.83. The zero-order valence-electron chi connectivity index (χ0n) is 8.90. The van der Waals surface area contributed by atoms with Crippen LogP contribution in [0.2, 0.25) is 0 Å². The monoisotopic (exact) mass is 196 g/mol. The molecule has 5 heteroatoms. The highest BCUT2D eigenvalue weighted by atomic mass is 16.1. The lowest BCUT2D eigenvalue weighted by molar-refractivity contribution is -0.119. The molecule has 0 saturated heterocycles. The van der Waals surface area contributed by atoms with Crippen molar-refractivity contribution in [3.8, 4) is 0 Å². The Labute approximate surface area is 83.5 Å². The lowest BCUT2D eigenvalue weighted by Crippen LogP contribution is -2.05. The molecule has 14 heavy (non-hydrogen) atoms. The molecule has 0 amide bonds. The van der Waals surface area contributed by atoms with Crippen LogP contribution in [0.15, 0.2) is 0 Å². The number of Topliss-reactive ketones (excluding diaryl/α,β-unsaturated/α-hetero) is 1. The standard InChI is InChI=1S/C9H16N4O/c1-7(2)6-8(14)4-5-9-10-12-13(3)11-9/h7H,4-6H2,1-3H3. The molecule has 0 unspecified atom stereocenters. The Morgan fingerprint density at radius 1 is 1.50 bits per heavy atom. The van der Waals surface area contributed by atoms with E-state index in [4.69, 9.17) is 0 Å². The topological polar surface area (TPSA) is 60.7 Å². The van der Waals surface area contributed by atoms with Crippen LogP contribution < -0.4 is 0 Å². The number of nitrogens with zero attached hydrogens (tertiary/aromatic N) is 4. The summed E-state index contributed by atoms with van der Waals surface area (Å²) in [6, 6.07) is 0. The molecule has 0 aliphatic heterocycles. The summed E-state index contributed by atoms with van der Waals surface area (Å²) in [5.74, 6) is 1.34. The van der Waals surface area contributed by atoms with Crippen LogP contribution in [0.25, 0.3) is 0 Å². The van der Waals surface area contributed by atoms with Crippen molar-refractivity contribution in [1.29, 1.82) is 0 Å². The Morgan fingerprint density at radius 2 is 2.21 bits per heavy atom. The van der Waals surface area contributed by atoms with Crippen molar-refractivity contribution >= 4 is 5.78 Å². The van der Waals surface area contributed by atoms with E-state index in [0.717, 1.165) is 0 Å². The summed E-state index contributed by atoms with van der Waals surface area (Å²) in [6.07, 6.45) is 1.75. The highest BCUT2D eigenvalue weighted by Crippen LogP contribution is 2.04. The predicted molar refractivity (Wildman–Crippen MR) is 51.6 cm³/mol. The lowest BCUT2D eigenvalue weighted by Gasteiger charge is -2.01. The number of rotatable bonds is 5. The molecule has 1 aromatic rings. The summed E-state index contributed by atoms with van der Waals surface area (Å²) in [7, 11) is 1.71. The van der Waals surface area contributed by atoms with Crippen molar-refractivity contribution in [1.82, 2.24) is 20.2 Å². The first kappa shape index (κ1) is 10.8. The van der Waals surface area contributed by atoms with E-state index in [0.29, 0.717) is 31.0 Å². The Morgan fingerprint density at radius 3 is 2.71 bits per heavy atom. The molecule has 0 N–H and O–H groups in total. The molecular formula is C9H16N4O. The summed E-state index contributed by atoms with van der Waals surface area (Å²) in [6.45, 7) is 4.08. The molecule has 0 aliphatic carbocycles. The van der Waals surface area contributed by atoms with E-state index in [1.54, 1.807) is 7.05 Å². The fourth-order valence-electron chi connectivity index (χ4n) is 1.23. The van der Waals surface area contributed by atoms with Gasteiger partial charge in [0.25, 0.3) is 0 Å². The number of carbonyl (C=O) groups is 1. The van der Waals surface area contributed by atoms with E-state index in [2.05, 4.69) is 15.4 Å². The molecule has 0 spiro atoms. The van der Waals surface area contributed by atoms with Crippen LogP contribution in [0.5, 0.6) is 0 Å². The minimum absolute atomic E-state index is 0.271. The van der Waals surface area contributed by atoms with Crippen molar-refractivity contribution in [2.75, 3.05) is 0 Å². The fraction of sp³-hybridized carbons (Fsp3) is 0.778. The minimum Gasteiger partial charge on any atom is -0.300 e. The van der Waals surface area contributed by atoms with Gasteiger partial charge in [-0.3, -0.25) is 4.79 Å². The minimum atomic E-state index is 0.271. The van der Waals surface area contributed by atoms with Crippen molar-refractivity contribution in [2.45, 2.75) is 33.1 Å². The van der Waals surface area contributed by atoms with Crippen LogP contribution in [0.3, 0.4) is 0 Å². The van der Waals surface area contributed by atoms with Gasteiger partial charge < -0.3 is 0 Å². The number of tetrazole rings is 1. The smallest absolute Gasteiger partial charge is 0.175 e. The van der Waals surface area contributed by atoms with E-state index in [-0.39, 0.29) is 5.78 Å². The van der Waals surface area contributed by atoms with E-state index in [1.807, 2.05) is 13.8 Å². The highest BCUT2D eigenvalue weighted by Gasteiger charge is 2.07. The molecule has 0 fully saturated rings. The number of hydrogen-bond acceptors (Lipinski definition) is 4. The van der Waals surface area contributed by atoms with Gasteiger partial charge in [0.15, 0.2) is 5.82 Å². The lowest BCUT2D eigenvalue weighted by atomic mass is 10.0. The number of hydrogen-bond donors (Lipinski definition) is 0. The van der Waals surface area contributed by atoms with E-state index < -0.39 is 0 Å². The molecule has 0 atom stereocenters. The van der Waals surface area contributed by atoms with Gasteiger partial charge >= 0.3 is 0 Å². The van der Waals surface area contributed by atoms with E-state index in [9.17, 15) is 4.79 Å². The maximum absolute atomic E-state index is 11.4. The van der Waals surface area contributed by atoms with Gasteiger partial charge in [-0.25, -0.2) is 0 Å². The molecule has 0 aliphatic rings. The molecule has 0 aromatic carbocycles. The maximum Gasteiger partial charge on any atom is 0.175 e. The van der Waals surface area contributed by atoms with Crippen LogP contribution in [-0.2, 0) is 18.3 Å². The number of carbonyl (C=O) groups excluding carboxylic acids is 1. The average molecular weight is 196 g/mol. The SMILES string of the molecule is CC(C)CC(=O)CCc1nnn(C)n1. The van der Waals surface area contributed by atoms with Crippen molar-refractivity contribution in [3.05, 3.63) is 5.82 Å². The van der Waals surface area contributed by atoms with Gasteiger partial charge in [0.2, 0.25) is 0 Å². The van der Waals surface area contributed by atoms with Gasteiger partial charge in [-0.15, -0.1) is 10.2 Å². The average Bonchev–Trinajstić information content (AvgIpc) is 2.47. The molecule has 0 radical (unpaired) electrons. The van der Waals surface area contributed by atoms with Crippen LogP contribution in [-0.4, -0.2) is 26.0 Å². The summed E-state index contributed by atoms with van der Waals surface area (Å²) in [4.78, 5) is 12.8. The van der Waals surface area contributed by atoms with Crippen LogP contribution in [0.4, 0.5) is 0 Å². The second-order valence-corrected chi connectivity index (χ2v) is 3.83. The number of aryl methyl sites for hydroxylation is 2. The van der Waals surface area contributed by atoms with Crippen molar-refractivity contribution < 1.29 is 4.79 Å². The Kier molecular flexibility index (Phi) is 3.73. The summed E-state index contributed by atoms with van der Waals surface area (Å²) >= 11 is 0. The second-order valence-electron chi connectivity index (χ2n) is 3.83. The zero-order chi connectivity index (χ0) is 10.6. The predicted octanol–water partition coefficient (Wildman–Crippen LogP) is 0.758. The Hall–Kier alpha value is -1.26. The van der Waals surface area contributed by atoms with Gasteiger partial charge in [0.1, 0.15) is 5.78 Å². The molecule has 0 bridgehead atoms. The van der Waals surface area contributed by atoms with Gasteiger partial charge in [0, 0.05) is 19.3 Å². The largest absolute Gasteiger partial charge is 0.300 e. The summed E-state index contributed by atoms with van der Waals surface area (Å²) in [5.41, 5.74) is 0. The molecule has 1 aromatic heterocycles. The molecule has 5 nitrogen and oxygen atoms in total. The number of ketones is 1. The first-order valence-electron chi connectivity index (χ1n) is 4.82. The quantitative estimate of drug-likeness (QED) is 0.697. The third-order valence-corrected chi connectivity index (χ3v) is 1.81. The maximum atomic E-state index is 11.4. The zero-order valence-corrected chi connectivity index (χ0v) is 8.90. The van der Waals surface area contributed by atoms with Crippen molar-refractivity contribution in [3.63, 3.8) is 0 Å². The van der Waals surface area contributed by atoms with Crippen molar-refractivity contribution in [2.24, 2.45) is 13.0 Å². The van der Waals surface area contributed by atoms with Gasteiger partial charge in [-0.2, -0.15) is 4.80 Å². The fourth-order valence-corrected chi connectivity index (χ4v) is 1.23. The molecule has 78 valence electrons. The third kappa shape index (κ3) is 3.64. The van der Waals surface area contributed by atoms with Gasteiger partial charge in [-0.05, 0) is 11.1 Å². The molecule has 1 heterocycles. The third-order valence-electron chi connectivity index (χ3n) is 1.81.